The maximum atomic E-state index is 4.22. The summed E-state index contributed by atoms with van der Waals surface area (Å²) in [6.45, 7) is 1.04. The Balaban J connectivity index is 2.13. The number of hydrogen-bond acceptors (Lipinski definition) is 1. The fourth-order valence-electron chi connectivity index (χ4n) is 1.68. The molecule has 1 heterocycles. The predicted molar refractivity (Wildman–Crippen MR) is 70.5 cm³/mol. The molecule has 1 aromatic heterocycles. The van der Waals surface area contributed by atoms with Gasteiger partial charge in [-0.25, -0.2) is 4.57 Å². The molecule has 0 unspecified atom stereocenters. The van der Waals surface area contributed by atoms with Crippen molar-refractivity contribution in [3.8, 4) is 11.1 Å². The van der Waals surface area contributed by atoms with Gasteiger partial charge in [-0.05, 0) is 16.9 Å². The van der Waals surface area contributed by atoms with Crippen LogP contribution in [-0.4, -0.2) is 5.75 Å². The van der Waals surface area contributed by atoms with E-state index in [-0.39, 0.29) is 0 Å². The van der Waals surface area contributed by atoms with E-state index >= 15 is 0 Å². The molecule has 0 saturated carbocycles. The lowest BCUT2D eigenvalue weighted by Gasteiger charge is -2.00. The van der Waals surface area contributed by atoms with Gasteiger partial charge in [0, 0.05) is 18.6 Å². The molecule has 2 rings (SSSR count). The van der Waals surface area contributed by atoms with E-state index in [0.717, 1.165) is 18.7 Å². The summed E-state index contributed by atoms with van der Waals surface area (Å²) >= 11 is 4.22. The van der Waals surface area contributed by atoms with Gasteiger partial charge in [0.25, 0.3) is 0 Å². The molecule has 0 radical (unpaired) electrons. The van der Waals surface area contributed by atoms with Crippen LogP contribution in [0.3, 0.4) is 0 Å². The number of rotatable bonds is 4. The zero-order valence-electron chi connectivity index (χ0n) is 9.21. The maximum absolute atomic E-state index is 4.22. The van der Waals surface area contributed by atoms with Crippen molar-refractivity contribution in [3.63, 3.8) is 0 Å². The van der Waals surface area contributed by atoms with E-state index in [1.54, 1.807) is 0 Å². The highest BCUT2D eigenvalue weighted by atomic mass is 32.1. The summed E-state index contributed by atoms with van der Waals surface area (Å²) in [7, 11) is 0. The molecule has 0 atom stereocenters. The predicted octanol–water partition coefficient (Wildman–Crippen LogP) is 2.96. The van der Waals surface area contributed by atoms with Crippen LogP contribution in [-0.2, 0) is 6.54 Å². The normalized spacial score (nSPS) is 10.3. The van der Waals surface area contributed by atoms with Crippen molar-refractivity contribution in [2.24, 2.45) is 0 Å². The van der Waals surface area contributed by atoms with Gasteiger partial charge >= 0.3 is 0 Å². The molecule has 0 bridgehead atoms. The lowest BCUT2D eigenvalue weighted by molar-refractivity contribution is -0.696. The highest BCUT2D eigenvalue weighted by Crippen LogP contribution is 2.16. The Bertz CT molecular complexity index is 422. The van der Waals surface area contributed by atoms with Crippen LogP contribution in [0.1, 0.15) is 6.42 Å². The number of hydrogen-bond donors (Lipinski definition) is 1. The molecular formula is C14H16NS+. The zero-order chi connectivity index (χ0) is 11.2. The van der Waals surface area contributed by atoms with E-state index in [0.29, 0.717) is 0 Å². The second kappa shape index (κ2) is 5.71. The van der Waals surface area contributed by atoms with Crippen molar-refractivity contribution in [1.82, 2.24) is 0 Å². The minimum absolute atomic E-state index is 0.938. The SMILES string of the molecule is SCCC[n+]1ccc(-c2ccccc2)cc1. The van der Waals surface area contributed by atoms with E-state index in [9.17, 15) is 0 Å². The quantitative estimate of drug-likeness (QED) is 0.608. The molecule has 82 valence electrons. The number of benzene rings is 1. The van der Waals surface area contributed by atoms with Crippen molar-refractivity contribution in [2.45, 2.75) is 13.0 Å². The van der Waals surface area contributed by atoms with Gasteiger partial charge in [-0.2, -0.15) is 12.6 Å². The summed E-state index contributed by atoms with van der Waals surface area (Å²) in [5, 5.41) is 0. The van der Waals surface area contributed by atoms with Crippen LogP contribution in [0, 0.1) is 0 Å². The Labute approximate surface area is 102 Å². The Morgan fingerprint density at radius 1 is 0.875 bits per heavy atom. The molecule has 0 fully saturated rings. The van der Waals surface area contributed by atoms with Gasteiger partial charge < -0.3 is 0 Å². The van der Waals surface area contributed by atoms with Crippen LogP contribution in [0.15, 0.2) is 54.9 Å². The summed E-state index contributed by atoms with van der Waals surface area (Å²) in [6, 6.07) is 14.8. The van der Waals surface area contributed by atoms with E-state index in [4.69, 9.17) is 0 Å². The summed E-state index contributed by atoms with van der Waals surface area (Å²) in [4.78, 5) is 0. The van der Waals surface area contributed by atoms with Crippen LogP contribution in [0.2, 0.25) is 0 Å². The van der Waals surface area contributed by atoms with Crippen LogP contribution >= 0.6 is 12.6 Å². The molecule has 0 amide bonds. The van der Waals surface area contributed by atoms with Crippen molar-refractivity contribution < 1.29 is 4.57 Å². The van der Waals surface area contributed by atoms with Gasteiger partial charge in [-0.15, -0.1) is 0 Å². The Morgan fingerprint density at radius 3 is 2.12 bits per heavy atom. The third-order valence-corrected chi connectivity index (χ3v) is 2.89. The molecule has 2 heteroatoms. The molecule has 0 aliphatic heterocycles. The molecule has 0 spiro atoms. The van der Waals surface area contributed by atoms with E-state index in [2.05, 4.69) is 66.0 Å². The zero-order valence-corrected chi connectivity index (χ0v) is 10.1. The van der Waals surface area contributed by atoms with Crippen molar-refractivity contribution in [3.05, 3.63) is 54.9 Å². The van der Waals surface area contributed by atoms with Gasteiger partial charge in [0.15, 0.2) is 12.4 Å². The van der Waals surface area contributed by atoms with Crippen LogP contribution in [0.25, 0.3) is 11.1 Å². The van der Waals surface area contributed by atoms with Gasteiger partial charge in [0.2, 0.25) is 0 Å². The summed E-state index contributed by atoms with van der Waals surface area (Å²) in [5.74, 6) is 0.938. The first-order chi connectivity index (χ1) is 7.90. The minimum Gasteiger partial charge on any atom is -0.205 e. The van der Waals surface area contributed by atoms with Crippen LogP contribution in [0.5, 0.6) is 0 Å². The highest BCUT2D eigenvalue weighted by Gasteiger charge is 2.01. The first-order valence-electron chi connectivity index (χ1n) is 5.55. The second-order valence-electron chi connectivity index (χ2n) is 3.77. The monoisotopic (exact) mass is 230 g/mol. The molecule has 1 aromatic carbocycles. The number of aryl methyl sites for hydroxylation is 1. The van der Waals surface area contributed by atoms with Gasteiger partial charge in [0.1, 0.15) is 6.54 Å². The fraction of sp³-hybridized carbons (Fsp3) is 0.214. The molecule has 0 N–H and O–H groups in total. The summed E-state index contributed by atoms with van der Waals surface area (Å²) in [6.07, 6.45) is 5.37. The van der Waals surface area contributed by atoms with E-state index in [1.807, 2.05) is 6.07 Å². The molecule has 0 aliphatic carbocycles. The van der Waals surface area contributed by atoms with Crippen molar-refractivity contribution in [2.75, 3.05) is 5.75 Å². The average molecular weight is 230 g/mol. The number of thiol groups is 1. The third kappa shape index (κ3) is 2.86. The molecule has 16 heavy (non-hydrogen) atoms. The number of pyridine rings is 1. The summed E-state index contributed by atoms with van der Waals surface area (Å²) < 4.78 is 2.20. The number of aromatic nitrogens is 1. The topological polar surface area (TPSA) is 3.88 Å². The van der Waals surface area contributed by atoms with Crippen molar-refractivity contribution in [1.29, 1.82) is 0 Å². The van der Waals surface area contributed by atoms with Gasteiger partial charge in [0.05, 0.1) is 0 Å². The molecule has 1 nitrogen and oxygen atoms in total. The Hall–Kier alpha value is -1.28. The first kappa shape index (κ1) is 11.2. The van der Waals surface area contributed by atoms with Crippen LogP contribution < -0.4 is 4.57 Å². The molecule has 0 saturated heterocycles. The molecular weight excluding hydrogens is 214 g/mol. The van der Waals surface area contributed by atoms with E-state index < -0.39 is 0 Å². The molecule has 2 aromatic rings. The lowest BCUT2D eigenvalue weighted by atomic mass is 10.1. The lowest BCUT2D eigenvalue weighted by Crippen LogP contribution is -2.32. The van der Waals surface area contributed by atoms with Gasteiger partial charge in [-0.3, -0.25) is 0 Å². The Morgan fingerprint density at radius 2 is 1.50 bits per heavy atom. The van der Waals surface area contributed by atoms with E-state index in [1.165, 1.54) is 11.1 Å². The maximum Gasteiger partial charge on any atom is 0.169 e. The number of nitrogens with zero attached hydrogens (tertiary/aromatic N) is 1. The highest BCUT2D eigenvalue weighted by molar-refractivity contribution is 7.80. The average Bonchev–Trinajstić information content (AvgIpc) is 2.38. The fourth-order valence-corrected chi connectivity index (χ4v) is 1.82. The Kier molecular flexibility index (Phi) is 4.00. The summed E-state index contributed by atoms with van der Waals surface area (Å²) in [5.41, 5.74) is 2.53. The van der Waals surface area contributed by atoms with Crippen molar-refractivity contribution >= 4 is 12.6 Å². The standard InChI is InChI=1S/C14H15NS/c16-12-4-9-15-10-7-14(8-11-15)13-5-2-1-3-6-13/h1-3,5-8,10-11H,4,9,12H2/p+1. The molecule has 0 aliphatic rings. The largest absolute Gasteiger partial charge is 0.205 e. The van der Waals surface area contributed by atoms with Crippen LogP contribution in [0.4, 0.5) is 0 Å². The minimum atomic E-state index is 0.938. The van der Waals surface area contributed by atoms with Gasteiger partial charge in [-0.1, -0.05) is 30.3 Å². The second-order valence-corrected chi connectivity index (χ2v) is 4.22. The smallest absolute Gasteiger partial charge is 0.169 e. The first-order valence-corrected chi connectivity index (χ1v) is 6.19. The third-order valence-electron chi connectivity index (χ3n) is 2.57.